The number of aryl methyl sites for hydroxylation is 1. The van der Waals surface area contributed by atoms with Crippen molar-refractivity contribution in [1.29, 1.82) is 0 Å². The lowest BCUT2D eigenvalue weighted by molar-refractivity contribution is -0.139. The maximum Gasteiger partial charge on any atom is 0.338 e. The van der Waals surface area contributed by atoms with Crippen LogP contribution in [-0.2, 0) is 16.1 Å². The summed E-state index contributed by atoms with van der Waals surface area (Å²) in [5, 5.41) is 8.70. The van der Waals surface area contributed by atoms with Crippen molar-refractivity contribution in [3.8, 4) is 11.5 Å². The molecule has 2 heterocycles. The standard InChI is InChI=1S/C29H35BrN4O4S/c1-6-13-37-27(35)24-19(5)31-28-32-29(39-14-7-2)33-34(28)25(24)21-15-22(30)26(23(16-21)36-8-3)38-17-20-12-10-9-11-18(20)4/h9-12,15-16,25H,6-8,13-14,17H2,1-5H3,(H,31,32,33). The number of fused-ring (bicyclic) bond motifs is 1. The number of hydrogen-bond donors (Lipinski definition) is 1. The van der Waals surface area contributed by atoms with Crippen molar-refractivity contribution in [3.05, 3.63) is 68.8 Å². The second kappa shape index (κ2) is 13.4. The van der Waals surface area contributed by atoms with Crippen molar-refractivity contribution in [2.45, 2.75) is 65.3 Å². The average molecular weight is 616 g/mol. The van der Waals surface area contributed by atoms with Crippen LogP contribution < -0.4 is 14.8 Å². The Labute approximate surface area is 242 Å². The zero-order valence-electron chi connectivity index (χ0n) is 23.0. The number of halogens is 1. The molecule has 1 aliphatic heterocycles. The molecule has 3 aromatic rings. The third-order valence-electron chi connectivity index (χ3n) is 6.21. The summed E-state index contributed by atoms with van der Waals surface area (Å²) in [5.74, 6) is 2.28. The van der Waals surface area contributed by atoms with Crippen LogP contribution in [0.2, 0.25) is 0 Å². The van der Waals surface area contributed by atoms with Crippen LogP contribution in [0, 0.1) is 6.92 Å². The number of nitrogens with one attached hydrogen (secondary N) is 1. The van der Waals surface area contributed by atoms with E-state index < -0.39 is 6.04 Å². The van der Waals surface area contributed by atoms with Gasteiger partial charge in [-0.15, -0.1) is 5.10 Å². The second-order valence-electron chi connectivity index (χ2n) is 9.19. The molecule has 0 bridgehead atoms. The van der Waals surface area contributed by atoms with Gasteiger partial charge in [0.05, 0.1) is 23.3 Å². The van der Waals surface area contributed by atoms with Gasteiger partial charge in [0, 0.05) is 11.4 Å². The van der Waals surface area contributed by atoms with Gasteiger partial charge in [0.1, 0.15) is 12.6 Å². The molecule has 208 valence electrons. The fourth-order valence-electron chi connectivity index (χ4n) is 4.30. The molecule has 1 atom stereocenters. The lowest BCUT2D eigenvalue weighted by atomic mass is 9.95. The minimum absolute atomic E-state index is 0.337. The third kappa shape index (κ3) is 6.61. The number of esters is 1. The maximum atomic E-state index is 13.3. The topological polar surface area (TPSA) is 87.5 Å². The van der Waals surface area contributed by atoms with Crippen molar-refractivity contribution in [3.63, 3.8) is 0 Å². The fourth-order valence-corrected chi connectivity index (χ4v) is 5.56. The zero-order valence-corrected chi connectivity index (χ0v) is 25.4. The van der Waals surface area contributed by atoms with Crippen molar-refractivity contribution in [1.82, 2.24) is 14.8 Å². The lowest BCUT2D eigenvalue weighted by Crippen LogP contribution is -2.30. The van der Waals surface area contributed by atoms with Gasteiger partial charge in [0.2, 0.25) is 11.1 Å². The molecule has 0 saturated carbocycles. The SMILES string of the molecule is CCCOC(=O)C1=C(C)Nc2nc(SCCC)nn2C1c1cc(Br)c(OCc2ccccc2C)c(OCC)c1. The van der Waals surface area contributed by atoms with E-state index in [1.807, 2.05) is 45.0 Å². The normalized spacial score (nSPS) is 14.6. The Balaban J connectivity index is 1.78. The Morgan fingerprint density at radius 2 is 1.92 bits per heavy atom. The molecular weight excluding hydrogens is 580 g/mol. The molecule has 1 aliphatic rings. The van der Waals surface area contributed by atoms with E-state index in [1.54, 1.807) is 16.4 Å². The number of anilines is 1. The van der Waals surface area contributed by atoms with Crippen LogP contribution in [0.25, 0.3) is 0 Å². The number of allylic oxidation sites excluding steroid dienone is 1. The summed E-state index contributed by atoms with van der Waals surface area (Å²) in [5.41, 5.74) is 4.22. The smallest absolute Gasteiger partial charge is 0.338 e. The van der Waals surface area contributed by atoms with Crippen LogP contribution in [0.4, 0.5) is 5.95 Å². The molecule has 1 aromatic heterocycles. The predicted octanol–water partition coefficient (Wildman–Crippen LogP) is 7.07. The van der Waals surface area contributed by atoms with E-state index in [0.717, 1.165) is 39.8 Å². The number of rotatable bonds is 12. The first-order valence-corrected chi connectivity index (χ1v) is 15.0. The van der Waals surface area contributed by atoms with Crippen molar-refractivity contribution in [2.24, 2.45) is 0 Å². The van der Waals surface area contributed by atoms with Gasteiger partial charge in [-0.1, -0.05) is 49.9 Å². The Morgan fingerprint density at radius 1 is 1.13 bits per heavy atom. The highest BCUT2D eigenvalue weighted by Crippen LogP contribution is 2.43. The molecule has 0 aliphatic carbocycles. The Bertz CT molecular complexity index is 1360. The van der Waals surface area contributed by atoms with Crippen LogP contribution in [0.3, 0.4) is 0 Å². The van der Waals surface area contributed by atoms with E-state index in [0.29, 0.717) is 53.7 Å². The Hall–Kier alpha value is -2.98. The molecule has 4 rings (SSSR count). The molecule has 0 fully saturated rings. The molecule has 0 amide bonds. The van der Waals surface area contributed by atoms with Crippen molar-refractivity contribution in [2.75, 3.05) is 24.3 Å². The molecule has 10 heteroatoms. The third-order valence-corrected chi connectivity index (χ3v) is 7.84. The lowest BCUT2D eigenvalue weighted by Gasteiger charge is -2.29. The summed E-state index contributed by atoms with van der Waals surface area (Å²) >= 11 is 5.30. The van der Waals surface area contributed by atoms with E-state index in [9.17, 15) is 4.79 Å². The highest BCUT2D eigenvalue weighted by Gasteiger charge is 2.36. The summed E-state index contributed by atoms with van der Waals surface area (Å²) in [6.07, 6.45) is 1.74. The van der Waals surface area contributed by atoms with E-state index in [-0.39, 0.29) is 5.97 Å². The van der Waals surface area contributed by atoms with Gasteiger partial charge < -0.3 is 19.5 Å². The van der Waals surface area contributed by atoms with Crippen molar-refractivity contribution < 1.29 is 19.0 Å². The Morgan fingerprint density at radius 3 is 2.64 bits per heavy atom. The summed E-state index contributed by atoms with van der Waals surface area (Å²) in [4.78, 5) is 18.0. The van der Waals surface area contributed by atoms with Crippen molar-refractivity contribution >= 4 is 39.6 Å². The monoisotopic (exact) mass is 614 g/mol. The Kier molecular flexibility index (Phi) is 9.96. The molecule has 1 N–H and O–H groups in total. The average Bonchev–Trinajstić information content (AvgIpc) is 3.32. The number of carbonyl (C=O) groups is 1. The quantitative estimate of drug-likeness (QED) is 0.171. The number of thioether (sulfide) groups is 1. The van der Waals surface area contributed by atoms with E-state index in [1.165, 1.54) is 0 Å². The van der Waals surface area contributed by atoms with Crippen LogP contribution in [-0.4, -0.2) is 39.7 Å². The van der Waals surface area contributed by atoms with Gasteiger partial charge in [-0.05, 0) is 78.4 Å². The summed E-state index contributed by atoms with van der Waals surface area (Å²) in [6, 6.07) is 11.4. The zero-order chi connectivity index (χ0) is 27.9. The van der Waals surface area contributed by atoms with E-state index in [2.05, 4.69) is 47.2 Å². The molecule has 39 heavy (non-hydrogen) atoms. The number of carbonyl (C=O) groups excluding carboxylic acids is 1. The molecule has 0 spiro atoms. The first kappa shape index (κ1) is 29.0. The predicted molar refractivity (Wildman–Crippen MR) is 158 cm³/mol. The van der Waals surface area contributed by atoms with E-state index in [4.69, 9.17) is 24.3 Å². The highest BCUT2D eigenvalue weighted by atomic mass is 79.9. The summed E-state index contributed by atoms with van der Waals surface area (Å²) in [7, 11) is 0. The largest absolute Gasteiger partial charge is 0.490 e. The summed E-state index contributed by atoms with van der Waals surface area (Å²) < 4.78 is 20.4. The van der Waals surface area contributed by atoms with Gasteiger partial charge in [0.15, 0.2) is 11.5 Å². The van der Waals surface area contributed by atoms with Gasteiger partial charge >= 0.3 is 5.97 Å². The number of ether oxygens (including phenoxy) is 3. The minimum atomic E-state index is -0.560. The number of aromatic nitrogens is 3. The second-order valence-corrected chi connectivity index (χ2v) is 11.1. The van der Waals surface area contributed by atoms with Gasteiger partial charge in [0.25, 0.3) is 0 Å². The summed E-state index contributed by atoms with van der Waals surface area (Å²) in [6.45, 7) is 11.1. The molecule has 1 unspecified atom stereocenters. The maximum absolute atomic E-state index is 13.3. The molecule has 2 aromatic carbocycles. The fraction of sp³-hybridized carbons (Fsp3) is 0.414. The first-order valence-electron chi connectivity index (χ1n) is 13.3. The van der Waals surface area contributed by atoms with Crippen LogP contribution >= 0.6 is 27.7 Å². The molecule has 8 nitrogen and oxygen atoms in total. The van der Waals surface area contributed by atoms with Gasteiger partial charge in [-0.3, -0.25) is 0 Å². The van der Waals surface area contributed by atoms with Crippen LogP contribution in [0.5, 0.6) is 11.5 Å². The van der Waals surface area contributed by atoms with Gasteiger partial charge in [-0.25, -0.2) is 9.48 Å². The molecule has 0 radical (unpaired) electrons. The molecule has 0 saturated heterocycles. The number of hydrogen-bond acceptors (Lipinski definition) is 8. The van der Waals surface area contributed by atoms with Crippen LogP contribution in [0.1, 0.15) is 63.3 Å². The van der Waals surface area contributed by atoms with Crippen LogP contribution in [0.15, 0.2) is 57.3 Å². The minimum Gasteiger partial charge on any atom is -0.490 e. The van der Waals surface area contributed by atoms with E-state index >= 15 is 0 Å². The molecular formula is C29H35BrN4O4S. The number of nitrogens with zero attached hydrogens (tertiary/aromatic N) is 3. The van der Waals surface area contributed by atoms with Gasteiger partial charge in [-0.2, -0.15) is 4.98 Å². The first-order chi connectivity index (χ1) is 18.9. The number of benzene rings is 2. The highest BCUT2D eigenvalue weighted by molar-refractivity contribution is 9.10.